The van der Waals surface area contributed by atoms with Crippen molar-refractivity contribution in [2.45, 2.75) is 57.2 Å². The molecule has 1 unspecified atom stereocenters. The van der Waals surface area contributed by atoms with E-state index in [4.69, 9.17) is 9.47 Å². The molecule has 2 N–H and O–H groups in total. The Balaban J connectivity index is 0.000000244. The first-order chi connectivity index (χ1) is 15.0. The Kier molecular flexibility index (Phi) is 5.44. The molecule has 4 heterocycles. The number of carbonyl (C=O) groups excluding carboxylic acids is 3. The van der Waals surface area contributed by atoms with Crippen LogP contribution in [0.4, 0.5) is 0 Å². The molecular weight excluding hydrogens is 398 g/mol. The number of amides is 3. The highest BCUT2D eigenvalue weighted by atomic mass is 16.5. The zero-order chi connectivity index (χ0) is 21.4. The van der Waals surface area contributed by atoms with Crippen LogP contribution < -0.4 is 15.4 Å². The second-order valence-corrected chi connectivity index (χ2v) is 9.34. The third kappa shape index (κ3) is 4.06. The van der Waals surface area contributed by atoms with Crippen molar-refractivity contribution < 1.29 is 23.9 Å². The van der Waals surface area contributed by atoms with E-state index in [0.29, 0.717) is 23.9 Å². The lowest BCUT2D eigenvalue weighted by Gasteiger charge is -2.48. The largest absolute Gasteiger partial charge is 0.490 e. The number of rotatable bonds is 3. The number of nitrogens with zero attached hydrogens (tertiary/aromatic N) is 1. The average Bonchev–Trinajstić information content (AvgIpc) is 3.28. The van der Waals surface area contributed by atoms with Gasteiger partial charge in [0.15, 0.2) is 0 Å². The fraction of sp³-hybridized carbons (Fsp3) is 0.609. The topological polar surface area (TPSA) is 97.0 Å². The van der Waals surface area contributed by atoms with Gasteiger partial charge in [0.25, 0.3) is 5.91 Å². The van der Waals surface area contributed by atoms with Gasteiger partial charge in [-0.3, -0.25) is 19.7 Å². The van der Waals surface area contributed by atoms with Crippen molar-refractivity contribution in [2.75, 3.05) is 26.3 Å². The Morgan fingerprint density at radius 2 is 1.84 bits per heavy atom. The highest BCUT2D eigenvalue weighted by Crippen LogP contribution is 2.32. The van der Waals surface area contributed by atoms with Crippen molar-refractivity contribution in [1.82, 2.24) is 15.5 Å². The van der Waals surface area contributed by atoms with E-state index in [0.717, 1.165) is 37.4 Å². The van der Waals surface area contributed by atoms with Gasteiger partial charge in [-0.2, -0.15) is 0 Å². The van der Waals surface area contributed by atoms with Gasteiger partial charge in [-0.1, -0.05) is 0 Å². The van der Waals surface area contributed by atoms with Crippen LogP contribution in [-0.2, 0) is 20.9 Å². The maximum absolute atomic E-state index is 12.6. The number of fused-ring (bicyclic) bond motifs is 1. The predicted octanol–water partition coefficient (Wildman–Crippen LogP) is 1.38. The van der Waals surface area contributed by atoms with Crippen LogP contribution in [0.5, 0.6) is 5.75 Å². The molecule has 0 aromatic heterocycles. The van der Waals surface area contributed by atoms with Gasteiger partial charge in [-0.25, -0.2) is 0 Å². The molecule has 1 saturated carbocycles. The number of nitrogens with one attached hydrogen (secondary N) is 2. The number of benzene rings is 1. The van der Waals surface area contributed by atoms with Crippen molar-refractivity contribution >= 4 is 17.7 Å². The van der Waals surface area contributed by atoms with Gasteiger partial charge in [-0.15, -0.1) is 0 Å². The van der Waals surface area contributed by atoms with E-state index in [-0.39, 0.29) is 30.2 Å². The summed E-state index contributed by atoms with van der Waals surface area (Å²) >= 11 is 0. The molecule has 1 atom stereocenters. The molecule has 1 aromatic rings. The molecule has 4 fully saturated rings. The van der Waals surface area contributed by atoms with E-state index in [2.05, 4.69) is 10.6 Å². The van der Waals surface area contributed by atoms with Gasteiger partial charge in [0.1, 0.15) is 11.8 Å². The van der Waals surface area contributed by atoms with Gasteiger partial charge in [0.05, 0.1) is 19.3 Å². The summed E-state index contributed by atoms with van der Waals surface area (Å²) in [5.74, 6) is -0.00650. The lowest BCUT2D eigenvalue weighted by molar-refractivity contribution is -0.139. The summed E-state index contributed by atoms with van der Waals surface area (Å²) in [6.45, 7) is 4.77. The first-order valence-corrected chi connectivity index (χ1v) is 11.3. The molecule has 3 saturated heterocycles. The Bertz CT molecular complexity index is 872. The van der Waals surface area contributed by atoms with Crippen LogP contribution in [0.2, 0.25) is 0 Å². The lowest BCUT2D eigenvalue weighted by atomic mass is 9.80. The molecule has 31 heavy (non-hydrogen) atoms. The molecule has 166 valence electrons. The molecule has 4 aliphatic heterocycles. The van der Waals surface area contributed by atoms with Crippen LogP contribution in [-0.4, -0.2) is 61.1 Å². The summed E-state index contributed by atoms with van der Waals surface area (Å²) in [5, 5.41) is 5.54. The van der Waals surface area contributed by atoms with E-state index >= 15 is 0 Å². The van der Waals surface area contributed by atoms with Crippen molar-refractivity contribution in [1.29, 1.82) is 0 Å². The third-order valence-corrected chi connectivity index (χ3v) is 6.92. The van der Waals surface area contributed by atoms with Crippen molar-refractivity contribution in [2.24, 2.45) is 5.41 Å². The predicted molar refractivity (Wildman–Crippen MR) is 111 cm³/mol. The van der Waals surface area contributed by atoms with Gasteiger partial charge in [0.2, 0.25) is 11.8 Å². The molecule has 8 nitrogen and oxygen atoms in total. The van der Waals surface area contributed by atoms with Crippen LogP contribution >= 0.6 is 0 Å². The van der Waals surface area contributed by atoms with Crippen LogP contribution in [0, 0.1) is 5.41 Å². The van der Waals surface area contributed by atoms with Crippen LogP contribution in [0.25, 0.3) is 0 Å². The maximum Gasteiger partial charge on any atom is 0.255 e. The maximum atomic E-state index is 12.6. The van der Waals surface area contributed by atoms with Crippen molar-refractivity contribution in [3.8, 4) is 5.75 Å². The molecule has 1 aromatic carbocycles. The highest BCUT2D eigenvalue weighted by Gasteiger charge is 2.43. The minimum absolute atomic E-state index is 0.146. The summed E-state index contributed by atoms with van der Waals surface area (Å²) in [5.41, 5.74) is 2.12. The number of hydrogen-bond donors (Lipinski definition) is 2. The smallest absolute Gasteiger partial charge is 0.255 e. The fourth-order valence-electron chi connectivity index (χ4n) is 4.90. The van der Waals surface area contributed by atoms with E-state index in [9.17, 15) is 14.4 Å². The minimum Gasteiger partial charge on any atom is -0.490 e. The normalized spacial score (nSPS) is 26.5. The van der Waals surface area contributed by atoms with Crippen LogP contribution in [0.15, 0.2) is 18.2 Å². The molecule has 0 bridgehead atoms. The zero-order valence-corrected chi connectivity index (χ0v) is 17.7. The van der Waals surface area contributed by atoms with Crippen LogP contribution in [0.3, 0.4) is 0 Å². The second-order valence-electron chi connectivity index (χ2n) is 9.34. The van der Waals surface area contributed by atoms with Crippen LogP contribution in [0.1, 0.15) is 54.4 Å². The third-order valence-electron chi connectivity index (χ3n) is 6.92. The quantitative estimate of drug-likeness (QED) is 0.708. The summed E-state index contributed by atoms with van der Waals surface area (Å²) in [6.07, 6.45) is 5.50. The van der Waals surface area contributed by atoms with E-state index in [1.807, 2.05) is 12.1 Å². The Morgan fingerprint density at radius 1 is 1.06 bits per heavy atom. The molecule has 8 heteroatoms. The minimum atomic E-state index is -0.568. The first-order valence-electron chi connectivity index (χ1n) is 11.3. The molecule has 3 amide bonds. The number of hydrogen-bond acceptors (Lipinski definition) is 6. The van der Waals surface area contributed by atoms with Gasteiger partial charge in [0, 0.05) is 37.0 Å². The summed E-state index contributed by atoms with van der Waals surface area (Å²) in [4.78, 5) is 37.5. The average molecular weight is 428 g/mol. The molecular formula is C23H29N3O5. The van der Waals surface area contributed by atoms with E-state index < -0.39 is 6.04 Å². The Morgan fingerprint density at radius 3 is 2.42 bits per heavy atom. The van der Waals surface area contributed by atoms with Crippen molar-refractivity contribution in [3.05, 3.63) is 29.3 Å². The second kappa shape index (κ2) is 8.24. The summed E-state index contributed by atoms with van der Waals surface area (Å²) in [6, 6.07) is 4.97. The van der Waals surface area contributed by atoms with E-state index in [1.54, 1.807) is 11.0 Å². The number of imide groups is 1. The molecule has 5 aliphatic rings. The molecule has 1 spiro atoms. The molecule has 6 rings (SSSR count). The highest BCUT2D eigenvalue weighted by molar-refractivity contribution is 6.05. The number of ether oxygens (including phenoxy) is 2. The SMILES string of the molecule is C1NCC12COC2.O=C1CCC(N2Cc3cc(OC4CCCC4)ccc3C2=O)C(=O)N1. The standard InChI is InChI=1S/C18H20N2O4.C5H9NO/c21-16-8-7-15(17(22)19-16)20-10-11-9-13(5-6-14(11)18(20)23)24-12-3-1-2-4-12;1-5(2-6-1)3-7-4-5/h5-6,9,12,15H,1-4,7-8,10H2,(H,19,21,22);6H,1-4H2. The summed E-state index contributed by atoms with van der Waals surface area (Å²) < 4.78 is 11.0. The Labute approximate surface area is 181 Å². The van der Waals surface area contributed by atoms with Gasteiger partial charge < -0.3 is 19.7 Å². The monoisotopic (exact) mass is 427 g/mol. The molecule has 1 aliphatic carbocycles. The van der Waals surface area contributed by atoms with Gasteiger partial charge >= 0.3 is 0 Å². The molecule has 0 radical (unpaired) electrons. The fourth-order valence-corrected chi connectivity index (χ4v) is 4.90. The lowest BCUT2D eigenvalue weighted by Crippen LogP contribution is -2.64. The summed E-state index contributed by atoms with van der Waals surface area (Å²) in [7, 11) is 0. The van der Waals surface area contributed by atoms with E-state index in [1.165, 1.54) is 25.9 Å². The zero-order valence-electron chi connectivity index (χ0n) is 17.7. The van der Waals surface area contributed by atoms with Crippen molar-refractivity contribution in [3.63, 3.8) is 0 Å². The number of piperidine rings is 1. The first kappa shape index (κ1) is 20.5. The Hall–Kier alpha value is -2.45. The van der Waals surface area contributed by atoms with Gasteiger partial charge in [-0.05, 0) is 55.9 Å². The number of carbonyl (C=O) groups is 3.